The van der Waals surface area contributed by atoms with E-state index in [0.29, 0.717) is 32.5 Å². The number of halogens is 1. The molecule has 1 aliphatic rings. The Labute approximate surface area is 178 Å². The number of thioether (sulfide) groups is 1. The number of carbonyl (C=O) groups is 2. The fourth-order valence-corrected chi connectivity index (χ4v) is 4.47. The Morgan fingerprint density at radius 3 is 2.41 bits per heavy atom. The van der Waals surface area contributed by atoms with Crippen molar-refractivity contribution in [1.29, 1.82) is 0 Å². The van der Waals surface area contributed by atoms with Crippen LogP contribution in [0.5, 0.6) is 0 Å². The summed E-state index contributed by atoms with van der Waals surface area (Å²) in [5.74, 6) is 0.553. The molecule has 4 nitrogen and oxygen atoms in total. The second-order valence-corrected chi connectivity index (χ2v) is 8.24. The van der Waals surface area contributed by atoms with Gasteiger partial charge >= 0.3 is 0 Å². The Morgan fingerprint density at radius 1 is 1.00 bits per heavy atom. The minimum absolute atomic E-state index is 0.316. The van der Waals surface area contributed by atoms with Crippen LogP contribution in [0.1, 0.15) is 22.5 Å². The molecule has 6 heteroatoms. The van der Waals surface area contributed by atoms with Crippen LogP contribution in [0.4, 0.5) is 5.69 Å². The van der Waals surface area contributed by atoms with Crippen LogP contribution in [0.15, 0.2) is 70.2 Å². The van der Waals surface area contributed by atoms with Crippen molar-refractivity contribution in [3.8, 4) is 0 Å². The highest BCUT2D eigenvalue weighted by atomic mass is 35.5. The van der Waals surface area contributed by atoms with Gasteiger partial charge in [-0.05, 0) is 55.3 Å². The molecule has 0 bridgehead atoms. The third kappa shape index (κ3) is 3.76. The molecule has 146 valence electrons. The number of imide groups is 1. The molecular weight excluding hydrogens is 406 g/mol. The van der Waals surface area contributed by atoms with Gasteiger partial charge in [0, 0.05) is 5.02 Å². The van der Waals surface area contributed by atoms with Gasteiger partial charge in [-0.15, -0.1) is 11.8 Å². The van der Waals surface area contributed by atoms with Crippen molar-refractivity contribution in [2.45, 2.75) is 19.6 Å². The van der Waals surface area contributed by atoms with Gasteiger partial charge in [0.1, 0.15) is 5.76 Å². The highest BCUT2D eigenvalue weighted by molar-refractivity contribution is 8.03. The minimum atomic E-state index is -0.328. The van der Waals surface area contributed by atoms with E-state index in [0.717, 1.165) is 16.9 Å². The van der Waals surface area contributed by atoms with E-state index in [1.165, 1.54) is 16.7 Å². The number of amides is 2. The van der Waals surface area contributed by atoms with E-state index < -0.39 is 0 Å². The van der Waals surface area contributed by atoms with E-state index in [1.807, 2.05) is 38.1 Å². The maximum Gasteiger partial charge on any atom is 0.272 e. The predicted molar refractivity (Wildman–Crippen MR) is 117 cm³/mol. The van der Waals surface area contributed by atoms with Crippen LogP contribution in [0.2, 0.25) is 5.02 Å². The maximum atomic E-state index is 13.4. The first-order valence-electron chi connectivity index (χ1n) is 9.07. The molecule has 0 radical (unpaired) electrons. The van der Waals surface area contributed by atoms with E-state index in [9.17, 15) is 9.59 Å². The molecule has 4 rings (SSSR count). The van der Waals surface area contributed by atoms with Gasteiger partial charge in [0.2, 0.25) is 0 Å². The first kappa shape index (κ1) is 19.6. The lowest BCUT2D eigenvalue weighted by molar-refractivity contribution is -0.119. The van der Waals surface area contributed by atoms with Crippen molar-refractivity contribution < 1.29 is 14.0 Å². The molecule has 2 heterocycles. The number of carbonyl (C=O) groups excluding carboxylic acids is 2. The molecule has 3 aromatic rings. The summed E-state index contributed by atoms with van der Waals surface area (Å²) in [7, 11) is 0. The topological polar surface area (TPSA) is 50.5 Å². The first-order chi connectivity index (χ1) is 14.0. The molecule has 0 saturated carbocycles. The molecule has 2 aromatic carbocycles. The van der Waals surface area contributed by atoms with Gasteiger partial charge < -0.3 is 4.42 Å². The van der Waals surface area contributed by atoms with Gasteiger partial charge in [-0.2, -0.15) is 0 Å². The number of furan rings is 1. The molecular formula is C23H18ClNO3S. The van der Waals surface area contributed by atoms with Crippen molar-refractivity contribution >= 4 is 46.4 Å². The van der Waals surface area contributed by atoms with Crippen molar-refractivity contribution in [3.63, 3.8) is 0 Å². The van der Waals surface area contributed by atoms with E-state index in [-0.39, 0.29) is 11.8 Å². The number of anilines is 1. The zero-order valence-corrected chi connectivity index (χ0v) is 17.5. The minimum Gasteiger partial charge on any atom is -0.468 e. The van der Waals surface area contributed by atoms with Crippen LogP contribution < -0.4 is 4.90 Å². The lowest BCUT2D eigenvalue weighted by Gasteiger charge is -2.18. The van der Waals surface area contributed by atoms with Crippen LogP contribution in [-0.4, -0.2) is 11.8 Å². The summed E-state index contributed by atoms with van der Waals surface area (Å²) in [5, 5.41) is 0.571. The van der Waals surface area contributed by atoms with E-state index >= 15 is 0 Å². The van der Waals surface area contributed by atoms with Crippen LogP contribution in [0.25, 0.3) is 5.57 Å². The fourth-order valence-electron chi connectivity index (χ4n) is 3.33. The van der Waals surface area contributed by atoms with Crippen LogP contribution in [-0.2, 0) is 15.3 Å². The van der Waals surface area contributed by atoms with E-state index in [2.05, 4.69) is 0 Å². The van der Waals surface area contributed by atoms with E-state index in [1.54, 1.807) is 36.6 Å². The summed E-state index contributed by atoms with van der Waals surface area (Å²) < 4.78 is 5.39. The van der Waals surface area contributed by atoms with Crippen molar-refractivity contribution in [3.05, 3.63) is 93.2 Å². The lowest BCUT2D eigenvalue weighted by atomic mass is 10.1. The number of rotatable bonds is 5. The summed E-state index contributed by atoms with van der Waals surface area (Å²) in [6.07, 6.45) is 1.59. The first-order valence-corrected chi connectivity index (χ1v) is 10.4. The smallest absolute Gasteiger partial charge is 0.272 e. The van der Waals surface area contributed by atoms with Gasteiger partial charge in [-0.25, -0.2) is 4.90 Å². The summed E-state index contributed by atoms with van der Waals surface area (Å²) in [5.41, 5.74) is 3.61. The van der Waals surface area contributed by atoms with Crippen LogP contribution in [0.3, 0.4) is 0 Å². The third-order valence-electron chi connectivity index (χ3n) is 4.71. The average molecular weight is 424 g/mol. The molecule has 0 spiro atoms. The van der Waals surface area contributed by atoms with Gasteiger partial charge in [0.15, 0.2) is 0 Å². The highest BCUT2D eigenvalue weighted by Crippen LogP contribution is 2.40. The monoisotopic (exact) mass is 423 g/mol. The number of hydrogen-bond acceptors (Lipinski definition) is 4. The fraction of sp³-hybridized carbons (Fsp3) is 0.130. The number of aryl methyl sites for hydroxylation is 2. The molecule has 2 amide bonds. The Bertz CT molecular complexity index is 1120. The normalized spacial score (nSPS) is 14.2. The third-order valence-corrected chi connectivity index (χ3v) is 6.05. The Hall–Kier alpha value is -2.76. The largest absolute Gasteiger partial charge is 0.468 e. The quantitative estimate of drug-likeness (QED) is 0.489. The van der Waals surface area contributed by atoms with Gasteiger partial charge in [0.05, 0.1) is 28.2 Å². The molecule has 29 heavy (non-hydrogen) atoms. The number of hydrogen-bond donors (Lipinski definition) is 0. The molecule has 0 saturated heterocycles. The second-order valence-electron chi connectivity index (χ2n) is 6.81. The molecule has 1 aliphatic heterocycles. The Kier molecular flexibility index (Phi) is 5.35. The Morgan fingerprint density at radius 2 is 1.76 bits per heavy atom. The van der Waals surface area contributed by atoms with Crippen molar-refractivity contribution in [2.24, 2.45) is 0 Å². The molecule has 0 N–H and O–H groups in total. The van der Waals surface area contributed by atoms with Gasteiger partial charge in [0.25, 0.3) is 11.8 Å². The second kappa shape index (κ2) is 7.93. The van der Waals surface area contributed by atoms with Crippen molar-refractivity contribution in [1.82, 2.24) is 0 Å². The summed E-state index contributed by atoms with van der Waals surface area (Å²) >= 11 is 7.32. The van der Waals surface area contributed by atoms with E-state index in [4.69, 9.17) is 16.0 Å². The number of benzene rings is 2. The summed E-state index contributed by atoms with van der Waals surface area (Å²) in [6, 6.07) is 16.3. The average Bonchev–Trinajstić information content (AvgIpc) is 3.28. The molecule has 0 aliphatic carbocycles. The Balaban J connectivity index is 1.77. The predicted octanol–water partition coefficient (Wildman–Crippen LogP) is 5.77. The molecule has 0 atom stereocenters. The molecule has 0 fully saturated rings. The summed E-state index contributed by atoms with van der Waals surface area (Å²) in [6.45, 7) is 3.88. The highest BCUT2D eigenvalue weighted by Gasteiger charge is 2.40. The molecule has 0 unspecified atom stereocenters. The standard InChI is InChI=1S/C23H18ClNO3S/c1-14-5-10-19(15(2)12-14)25-22(26)20(16-6-8-17(24)9-7-16)21(23(25)27)29-13-18-4-3-11-28-18/h3-12H,13H2,1-2H3. The SMILES string of the molecule is Cc1ccc(N2C(=O)C(SCc3ccco3)=C(c3ccc(Cl)cc3)C2=O)c(C)c1. The van der Waals surface area contributed by atoms with Crippen LogP contribution >= 0.6 is 23.4 Å². The number of nitrogens with zero attached hydrogens (tertiary/aromatic N) is 1. The molecule has 1 aromatic heterocycles. The van der Waals surface area contributed by atoms with Crippen molar-refractivity contribution in [2.75, 3.05) is 4.90 Å². The zero-order chi connectivity index (χ0) is 20.5. The summed E-state index contributed by atoms with van der Waals surface area (Å²) in [4.78, 5) is 28.4. The lowest BCUT2D eigenvalue weighted by Crippen LogP contribution is -2.32. The zero-order valence-electron chi connectivity index (χ0n) is 15.9. The van der Waals surface area contributed by atoms with Gasteiger partial charge in [-0.3, -0.25) is 9.59 Å². The van der Waals surface area contributed by atoms with Gasteiger partial charge in [-0.1, -0.05) is 41.4 Å². The maximum absolute atomic E-state index is 13.4. The van der Waals surface area contributed by atoms with Crippen LogP contribution in [0, 0.1) is 13.8 Å².